The highest BCUT2D eigenvalue weighted by Crippen LogP contribution is 2.35. The third kappa shape index (κ3) is 5.14. The predicted octanol–water partition coefficient (Wildman–Crippen LogP) is 2.97. The van der Waals surface area contributed by atoms with Crippen molar-refractivity contribution >= 4 is 17.5 Å². The molecule has 0 aromatic carbocycles. The molecule has 5 heteroatoms. The Balaban J connectivity index is 2.81. The standard InChI is InChI=1S/C16H27NO4/c1-6-20-16(19)15(12(5)18)17-21-14-9-11(4)7-8-13(14)10(2)3/h10-11,13-14H,6-9H2,1-5H3/t11-,13+,14+/m0/s1. The van der Waals surface area contributed by atoms with Gasteiger partial charge in [0.2, 0.25) is 5.71 Å². The van der Waals surface area contributed by atoms with Gasteiger partial charge >= 0.3 is 5.97 Å². The Bertz CT molecular complexity index is 403. The Hall–Kier alpha value is -1.39. The lowest BCUT2D eigenvalue weighted by molar-refractivity contribution is -0.136. The van der Waals surface area contributed by atoms with Gasteiger partial charge in [-0.3, -0.25) is 4.79 Å². The largest absolute Gasteiger partial charge is 0.461 e. The summed E-state index contributed by atoms with van der Waals surface area (Å²) in [5.74, 6) is 0.318. The summed E-state index contributed by atoms with van der Waals surface area (Å²) in [6.45, 7) is 9.71. The first-order valence-electron chi connectivity index (χ1n) is 7.78. The molecule has 0 unspecified atom stereocenters. The number of oxime groups is 1. The summed E-state index contributed by atoms with van der Waals surface area (Å²) in [7, 11) is 0. The predicted molar refractivity (Wildman–Crippen MR) is 81.0 cm³/mol. The van der Waals surface area contributed by atoms with E-state index < -0.39 is 11.8 Å². The lowest BCUT2D eigenvalue weighted by Crippen LogP contribution is -2.34. The molecule has 1 fully saturated rings. The van der Waals surface area contributed by atoms with Crippen molar-refractivity contribution in [3.63, 3.8) is 0 Å². The van der Waals surface area contributed by atoms with Crippen molar-refractivity contribution in [2.75, 3.05) is 6.61 Å². The Labute approximate surface area is 127 Å². The molecule has 3 atom stereocenters. The highest BCUT2D eigenvalue weighted by molar-refractivity contribution is 6.63. The minimum Gasteiger partial charge on any atom is -0.461 e. The van der Waals surface area contributed by atoms with Crippen molar-refractivity contribution < 1.29 is 19.2 Å². The van der Waals surface area contributed by atoms with E-state index in [0.29, 0.717) is 17.8 Å². The number of carbonyl (C=O) groups is 2. The highest BCUT2D eigenvalue weighted by atomic mass is 16.6. The van der Waals surface area contributed by atoms with Crippen LogP contribution >= 0.6 is 0 Å². The molecule has 120 valence electrons. The number of ether oxygens (including phenoxy) is 1. The maximum Gasteiger partial charge on any atom is 0.364 e. The summed E-state index contributed by atoms with van der Waals surface area (Å²) < 4.78 is 4.83. The molecular formula is C16H27NO4. The zero-order valence-electron chi connectivity index (χ0n) is 13.7. The first-order valence-corrected chi connectivity index (χ1v) is 7.78. The van der Waals surface area contributed by atoms with Gasteiger partial charge in [-0.2, -0.15) is 0 Å². The molecule has 0 N–H and O–H groups in total. The van der Waals surface area contributed by atoms with E-state index in [9.17, 15) is 9.59 Å². The van der Waals surface area contributed by atoms with E-state index in [1.165, 1.54) is 13.3 Å². The van der Waals surface area contributed by atoms with Crippen molar-refractivity contribution in [1.82, 2.24) is 0 Å². The lowest BCUT2D eigenvalue weighted by Gasteiger charge is -2.35. The molecule has 0 bridgehead atoms. The molecule has 0 radical (unpaired) electrons. The van der Waals surface area contributed by atoms with Crippen LogP contribution in [0.1, 0.15) is 53.9 Å². The molecule has 0 aromatic heterocycles. The fourth-order valence-electron chi connectivity index (χ4n) is 2.80. The summed E-state index contributed by atoms with van der Waals surface area (Å²) >= 11 is 0. The number of nitrogens with zero attached hydrogens (tertiary/aromatic N) is 1. The van der Waals surface area contributed by atoms with Crippen LogP contribution in [0.3, 0.4) is 0 Å². The van der Waals surface area contributed by atoms with Crippen LogP contribution in [-0.2, 0) is 19.2 Å². The normalized spacial score (nSPS) is 26.6. The molecule has 5 nitrogen and oxygen atoms in total. The zero-order valence-corrected chi connectivity index (χ0v) is 13.7. The number of ketones is 1. The average molecular weight is 297 g/mol. The van der Waals surface area contributed by atoms with E-state index in [-0.39, 0.29) is 18.4 Å². The third-order valence-corrected chi connectivity index (χ3v) is 4.04. The van der Waals surface area contributed by atoms with Gasteiger partial charge in [-0.15, -0.1) is 0 Å². The number of esters is 1. The summed E-state index contributed by atoms with van der Waals surface area (Å²) in [5.41, 5.74) is -0.252. The third-order valence-electron chi connectivity index (χ3n) is 4.04. The van der Waals surface area contributed by atoms with Gasteiger partial charge in [-0.1, -0.05) is 32.3 Å². The summed E-state index contributed by atoms with van der Waals surface area (Å²) in [6.07, 6.45) is 3.13. The second-order valence-corrected chi connectivity index (χ2v) is 6.19. The second kappa shape index (κ2) is 8.15. The van der Waals surface area contributed by atoms with E-state index in [4.69, 9.17) is 9.57 Å². The van der Waals surface area contributed by atoms with Crippen LogP contribution in [0, 0.1) is 17.8 Å². The van der Waals surface area contributed by atoms with Crippen LogP contribution in [0.5, 0.6) is 0 Å². The van der Waals surface area contributed by atoms with Crippen molar-refractivity contribution in [2.24, 2.45) is 22.9 Å². The molecular weight excluding hydrogens is 270 g/mol. The minimum absolute atomic E-state index is 0.0440. The molecule has 0 amide bonds. The van der Waals surface area contributed by atoms with Gasteiger partial charge in [0, 0.05) is 12.8 Å². The quantitative estimate of drug-likeness (QED) is 0.327. The fraction of sp³-hybridized carbons (Fsp3) is 0.812. The van der Waals surface area contributed by atoms with Crippen LogP contribution in [0.4, 0.5) is 0 Å². The fourth-order valence-corrected chi connectivity index (χ4v) is 2.80. The second-order valence-electron chi connectivity index (χ2n) is 6.19. The van der Waals surface area contributed by atoms with Crippen molar-refractivity contribution in [2.45, 2.75) is 60.0 Å². The molecule has 0 aliphatic heterocycles. The van der Waals surface area contributed by atoms with Crippen molar-refractivity contribution in [1.29, 1.82) is 0 Å². The van der Waals surface area contributed by atoms with Gasteiger partial charge in [0.1, 0.15) is 6.10 Å². The molecule has 0 saturated heterocycles. The van der Waals surface area contributed by atoms with E-state index >= 15 is 0 Å². The summed E-state index contributed by atoms with van der Waals surface area (Å²) in [6, 6.07) is 0. The van der Waals surface area contributed by atoms with E-state index in [0.717, 1.165) is 12.8 Å². The van der Waals surface area contributed by atoms with E-state index in [1.54, 1.807) is 6.92 Å². The van der Waals surface area contributed by atoms with Crippen LogP contribution in [0.2, 0.25) is 0 Å². The monoisotopic (exact) mass is 297 g/mol. The van der Waals surface area contributed by atoms with Crippen LogP contribution in [0.15, 0.2) is 5.16 Å². The molecule has 0 aromatic rings. The average Bonchev–Trinajstić information content (AvgIpc) is 2.38. The maximum atomic E-state index is 11.7. The Kier molecular flexibility index (Phi) is 6.85. The lowest BCUT2D eigenvalue weighted by atomic mass is 9.75. The zero-order chi connectivity index (χ0) is 16.0. The number of hydrogen-bond donors (Lipinski definition) is 0. The summed E-state index contributed by atoms with van der Waals surface area (Å²) in [4.78, 5) is 28.8. The molecule has 0 heterocycles. The van der Waals surface area contributed by atoms with E-state index in [2.05, 4.69) is 25.9 Å². The van der Waals surface area contributed by atoms with Gasteiger partial charge in [0.25, 0.3) is 0 Å². The molecule has 21 heavy (non-hydrogen) atoms. The molecule has 0 spiro atoms. The summed E-state index contributed by atoms with van der Waals surface area (Å²) in [5, 5.41) is 3.83. The molecule has 1 aliphatic carbocycles. The smallest absolute Gasteiger partial charge is 0.364 e. The SMILES string of the molecule is CCOC(=O)C(=NO[C@@H]1C[C@@H](C)CC[C@@H]1C(C)C)C(C)=O. The van der Waals surface area contributed by atoms with Gasteiger partial charge in [-0.05, 0) is 31.6 Å². The number of Topliss-reactive ketones (excluding diaryl/α,β-unsaturated/α-hetero) is 1. The highest BCUT2D eigenvalue weighted by Gasteiger charge is 2.33. The van der Waals surface area contributed by atoms with E-state index in [1.807, 2.05) is 0 Å². The van der Waals surface area contributed by atoms with Gasteiger partial charge < -0.3 is 9.57 Å². The minimum atomic E-state index is -0.713. The topological polar surface area (TPSA) is 65.0 Å². The van der Waals surface area contributed by atoms with Gasteiger partial charge in [0.05, 0.1) is 6.61 Å². The Morgan fingerprint density at radius 2 is 1.95 bits per heavy atom. The number of hydrogen-bond acceptors (Lipinski definition) is 5. The molecule has 1 saturated carbocycles. The van der Waals surface area contributed by atoms with Crippen LogP contribution in [-0.4, -0.2) is 30.2 Å². The number of rotatable bonds is 6. The van der Waals surface area contributed by atoms with Crippen molar-refractivity contribution in [3.8, 4) is 0 Å². The molecule has 1 aliphatic rings. The molecule has 1 rings (SSSR count). The Morgan fingerprint density at radius 3 is 2.48 bits per heavy atom. The van der Waals surface area contributed by atoms with Gasteiger partial charge in [0.15, 0.2) is 5.78 Å². The van der Waals surface area contributed by atoms with Crippen LogP contribution < -0.4 is 0 Å². The first-order chi connectivity index (χ1) is 9.86. The number of carbonyl (C=O) groups excluding carboxylic acids is 2. The van der Waals surface area contributed by atoms with Crippen LogP contribution in [0.25, 0.3) is 0 Å². The first kappa shape index (κ1) is 17.7. The van der Waals surface area contributed by atoms with Crippen molar-refractivity contribution in [3.05, 3.63) is 0 Å². The maximum absolute atomic E-state index is 11.7. The Morgan fingerprint density at radius 1 is 1.29 bits per heavy atom. The van der Waals surface area contributed by atoms with Gasteiger partial charge in [-0.25, -0.2) is 4.79 Å².